The van der Waals surface area contributed by atoms with Crippen molar-refractivity contribution in [2.24, 2.45) is 0 Å². The number of rotatable bonds is 19. The predicted octanol–water partition coefficient (Wildman–Crippen LogP) is 3.93. The Bertz CT molecular complexity index is 318. The quantitative estimate of drug-likeness (QED) is 0.155. The fraction of sp³-hybridized carbons (Fsp3) is 0.950. The number of carbonyl (C=O) groups is 1. The van der Waals surface area contributed by atoms with E-state index in [0.717, 1.165) is 19.3 Å². The Morgan fingerprint density at radius 2 is 1.12 bits per heavy atom. The van der Waals surface area contributed by atoms with Crippen molar-refractivity contribution in [3.05, 3.63) is 0 Å². The Balaban J connectivity index is 3.16. The van der Waals surface area contributed by atoms with E-state index in [1.807, 2.05) is 5.32 Å². The molecule has 0 atom stereocenters. The van der Waals surface area contributed by atoms with Gasteiger partial charge in [-0.15, -0.1) is 0 Å². The van der Waals surface area contributed by atoms with Crippen molar-refractivity contribution >= 4 is 5.97 Å². The maximum Gasteiger partial charge on any atom is 0.345 e. The third-order valence-electron chi connectivity index (χ3n) is 4.53. The second kappa shape index (κ2) is 17.7. The molecule has 0 aromatic carbocycles. The molecule has 0 bridgehead atoms. The highest BCUT2D eigenvalue weighted by atomic mass is 16.7. The molecule has 0 unspecified atom stereocenters. The fourth-order valence-electron chi connectivity index (χ4n) is 2.93. The van der Waals surface area contributed by atoms with E-state index in [1.165, 1.54) is 77.0 Å². The lowest BCUT2D eigenvalue weighted by Crippen LogP contribution is -2.46. The highest BCUT2D eigenvalue weighted by Crippen LogP contribution is 2.13. The molecule has 0 aromatic heterocycles. The average molecular weight is 376 g/mol. The minimum atomic E-state index is -3.01. The van der Waals surface area contributed by atoms with Gasteiger partial charge in [0.2, 0.25) is 0 Å². The molecule has 0 saturated heterocycles. The van der Waals surface area contributed by atoms with Crippen LogP contribution < -0.4 is 5.32 Å². The number of ether oxygens (including phenoxy) is 1. The Kier molecular flexibility index (Phi) is 17.2. The Morgan fingerprint density at radius 1 is 0.731 bits per heavy atom. The Hall–Kier alpha value is -0.690. The zero-order valence-electron chi connectivity index (χ0n) is 16.7. The molecule has 0 heterocycles. The molecule has 0 aliphatic rings. The summed E-state index contributed by atoms with van der Waals surface area (Å²) >= 11 is 0. The third kappa shape index (κ3) is 21.4. The summed E-state index contributed by atoms with van der Waals surface area (Å²) in [5.74, 6) is -0.406. The summed E-state index contributed by atoms with van der Waals surface area (Å²) in [7, 11) is 0. The van der Waals surface area contributed by atoms with Crippen LogP contribution in [0.5, 0.6) is 0 Å². The fourth-order valence-corrected chi connectivity index (χ4v) is 2.93. The van der Waals surface area contributed by atoms with Crippen molar-refractivity contribution < 1.29 is 24.9 Å². The van der Waals surface area contributed by atoms with Crippen molar-refractivity contribution in [3.8, 4) is 0 Å². The Labute approximate surface area is 159 Å². The van der Waals surface area contributed by atoms with Crippen LogP contribution in [0.25, 0.3) is 0 Å². The van der Waals surface area contributed by atoms with Gasteiger partial charge in [0.25, 0.3) is 0 Å². The number of hydrogen-bond acceptors (Lipinski definition) is 6. The first-order valence-electron chi connectivity index (χ1n) is 10.5. The summed E-state index contributed by atoms with van der Waals surface area (Å²) in [4.78, 5) is 11.4. The molecule has 6 heteroatoms. The summed E-state index contributed by atoms with van der Waals surface area (Å²) in [6.45, 7) is 1.83. The van der Waals surface area contributed by atoms with Gasteiger partial charge in [0.1, 0.15) is 6.73 Å². The van der Waals surface area contributed by atoms with Gasteiger partial charge in [0, 0.05) is 6.42 Å². The lowest BCUT2D eigenvalue weighted by molar-refractivity contribution is -0.336. The van der Waals surface area contributed by atoms with E-state index >= 15 is 0 Å². The van der Waals surface area contributed by atoms with Crippen LogP contribution >= 0.6 is 0 Å². The van der Waals surface area contributed by atoms with E-state index in [2.05, 4.69) is 6.92 Å². The summed E-state index contributed by atoms with van der Waals surface area (Å²) in [5, 5.41) is 27.5. The first-order valence-corrected chi connectivity index (χ1v) is 10.5. The first-order chi connectivity index (χ1) is 12.5. The van der Waals surface area contributed by atoms with Crippen molar-refractivity contribution in [3.63, 3.8) is 0 Å². The largest absolute Gasteiger partial charge is 0.449 e. The summed E-state index contributed by atoms with van der Waals surface area (Å²) < 4.78 is 4.71. The molecule has 0 saturated carbocycles. The van der Waals surface area contributed by atoms with Crippen LogP contribution in [-0.4, -0.2) is 34.1 Å². The van der Waals surface area contributed by atoms with Gasteiger partial charge in [0.15, 0.2) is 0 Å². The van der Waals surface area contributed by atoms with Gasteiger partial charge in [-0.1, -0.05) is 96.8 Å². The molecule has 4 N–H and O–H groups in total. The SMILES string of the molecule is CCCCCCCCCCCCCCCCCC(=O)OCNC(O)(O)O. The number of hydrogen-bond donors (Lipinski definition) is 4. The Morgan fingerprint density at radius 3 is 1.50 bits per heavy atom. The van der Waals surface area contributed by atoms with Crippen LogP contribution in [0.3, 0.4) is 0 Å². The van der Waals surface area contributed by atoms with Crippen molar-refractivity contribution in [2.45, 2.75) is 116 Å². The van der Waals surface area contributed by atoms with Crippen LogP contribution in [0.15, 0.2) is 0 Å². The maximum atomic E-state index is 11.4. The zero-order valence-corrected chi connectivity index (χ0v) is 16.7. The van der Waals surface area contributed by atoms with Gasteiger partial charge < -0.3 is 20.1 Å². The van der Waals surface area contributed by atoms with E-state index in [0.29, 0.717) is 6.42 Å². The van der Waals surface area contributed by atoms with E-state index in [9.17, 15) is 4.79 Å². The number of esters is 1. The van der Waals surface area contributed by atoms with Gasteiger partial charge in [-0.3, -0.25) is 4.79 Å². The molecule has 0 aliphatic carbocycles. The molecule has 0 rings (SSSR count). The number of carbonyl (C=O) groups excluding carboxylic acids is 1. The molecule has 0 radical (unpaired) electrons. The molecule has 156 valence electrons. The van der Waals surface area contributed by atoms with Gasteiger partial charge in [-0.25, -0.2) is 5.32 Å². The number of unbranched alkanes of at least 4 members (excludes halogenated alkanes) is 14. The summed E-state index contributed by atoms with van der Waals surface area (Å²) in [5.41, 5.74) is 0. The standard InChI is InChI=1S/C20H41NO5/c1-2-3-4-5-6-7-8-9-10-11-12-13-14-15-16-17-19(22)26-18-21-20(23,24)25/h21,23-25H,2-18H2,1H3. The van der Waals surface area contributed by atoms with Crippen molar-refractivity contribution in [2.75, 3.05) is 6.73 Å². The number of nitrogens with one attached hydrogen (secondary N) is 1. The topological polar surface area (TPSA) is 99.0 Å². The molecule has 26 heavy (non-hydrogen) atoms. The van der Waals surface area contributed by atoms with E-state index < -0.39 is 18.8 Å². The second-order valence-corrected chi connectivity index (χ2v) is 7.17. The van der Waals surface area contributed by atoms with E-state index in [-0.39, 0.29) is 0 Å². The molecule has 0 aromatic rings. The second-order valence-electron chi connectivity index (χ2n) is 7.17. The molecule has 0 aliphatic heterocycles. The van der Waals surface area contributed by atoms with Crippen LogP contribution in [0.2, 0.25) is 0 Å². The van der Waals surface area contributed by atoms with Crippen molar-refractivity contribution in [1.82, 2.24) is 5.32 Å². The lowest BCUT2D eigenvalue weighted by Gasteiger charge is -2.15. The van der Waals surface area contributed by atoms with Crippen molar-refractivity contribution in [1.29, 1.82) is 0 Å². The molecule has 0 spiro atoms. The highest BCUT2D eigenvalue weighted by Gasteiger charge is 2.17. The zero-order chi connectivity index (χ0) is 19.5. The first kappa shape index (κ1) is 25.3. The average Bonchev–Trinajstić information content (AvgIpc) is 2.57. The van der Waals surface area contributed by atoms with Gasteiger partial charge >= 0.3 is 12.1 Å². The monoisotopic (exact) mass is 375 g/mol. The summed E-state index contributed by atoms with van der Waals surface area (Å²) in [6.07, 6.45) is 16.4. The van der Waals surface area contributed by atoms with Gasteiger partial charge in [0.05, 0.1) is 0 Å². The minimum absolute atomic E-state index is 0.315. The maximum absolute atomic E-state index is 11.4. The van der Waals surface area contributed by atoms with Crippen LogP contribution in [-0.2, 0) is 9.53 Å². The normalized spacial score (nSPS) is 11.7. The molecule has 6 nitrogen and oxygen atoms in total. The molecular weight excluding hydrogens is 334 g/mol. The van der Waals surface area contributed by atoms with Crippen LogP contribution in [0.4, 0.5) is 0 Å². The molecule has 0 amide bonds. The van der Waals surface area contributed by atoms with Crippen LogP contribution in [0.1, 0.15) is 110 Å². The third-order valence-corrected chi connectivity index (χ3v) is 4.53. The van der Waals surface area contributed by atoms with E-state index in [4.69, 9.17) is 20.1 Å². The predicted molar refractivity (Wildman–Crippen MR) is 103 cm³/mol. The molecular formula is C20H41NO5. The number of aliphatic hydroxyl groups is 3. The molecule has 0 fully saturated rings. The minimum Gasteiger partial charge on any atom is -0.449 e. The van der Waals surface area contributed by atoms with Crippen LogP contribution in [0, 0.1) is 0 Å². The van der Waals surface area contributed by atoms with Gasteiger partial charge in [-0.05, 0) is 6.42 Å². The smallest absolute Gasteiger partial charge is 0.345 e. The lowest BCUT2D eigenvalue weighted by atomic mass is 10.0. The summed E-state index contributed by atoms with van der Waals surface area (Å²) in [6, 6.07) is 0. The van der Waals surface area contributed by atoms with Gasteiger partial charge in [-0.2, -0.15) is 0 Å². The van der Waals surface area contributed by atoms with E-state index in [1.54, 1.807) is 0 Å². The highest BCUT2D eigenvalue weighted by molar-refractivity contribution is 5.69.